The van der Waals surface area contributed by atoms with Gasteiger partial charge < -0.3 is 14.7 Å². The number of halogens is 3. The molecule has 1 atom stereocenters. The highest BCUT2D eigenvalue weighted by atomic mass is 19.4. The second-order valence-electron chi connectivity index (χ2n) is 6.43. The molecule has 1 aliphatic rings. The molecule has 0 bridgehead atoms. The van der Waals surface area contributed by atoms with Gasteiger partial charge in [-0.15, -0.1) is 0 Å². The van der Waals surface area contributed by atoms with Gasteiger partial charge in [-0.1, -0.05) is 18.2 Å². The van der Waals surface area contributed by atoms with Crippen molar-refractivity contribution in [1.82, 2.24) is 4.98 Å². The first-order valence-corrected chi connectivity index (χ1v) is 8.56. The number of carbonyl (C=O) groups is 1. The lowest BCUT2D eigenvalue weighted by Crippen LogP contribution is -2.35. The van der Waals surface area contributed by atoms with Crippen molar-refractivity contribution < 1.29 is 27.8 Å². The number of aromatic nitrogens is 1. The number of hydrogen-bond acceptors (Lipinski definition) is 5. The molecule has 2 aromatic rings. The number of ether oxygens (including phenoxy) is 1. The standard InChI is InChI=1S/C19H19F3N2O3/c20-19(21,22)12-27-17-8-7-14(11-25)18(23-17)24-9-3-4-13(10-24)15-5-1-2-6-16(15)26/h1-2,5-8,11,13,26H,3-4,9-10,12H2. The molecule has 0 aliphatic carbocycles. The van der Waals surface area contributed by atoms with E-state index < -0.39 is 12.8 Å². The quantitative estimate of drug-likeness (QED) is 0.797. The van der Waals surface area contributed by atoms with Crippen molar-refractivity contribution in [3.63, 3.8) is 0 Å². The Bertz CT molecular complexity index is 811. The molecule has 1 saturated heterocycles. The van der Waals surface area contributed by atoms with Gasteiger partial charge in [0.1, 0.15) is 11.6 Å². The van der Waals surface area contributed by atoms with Gasteiger partial charge in [0, 0.05) is 25.1 Å². The normalized spacial score (nSPS) is 17.6. The molecule has 3 rings (SSSR count). The van der Waals surface area contributed by atoms with E-state index in [1.807, 2.05) is 17.0 Å². The van der Waals surface area contributed by atoms with Crippen LogP contribution in [-0.2, 0) is 0 Å². The van der Waals surface area contributed by atoms with Gasteiger partial charge in [0.25, 0.3) is 0 Å². The molecule has 0 amide bonds. The van der Waals surface area contributed by atoms with Crippen LogP contribution in [0.4, 0.5) is 19.0 Å². The van der Waals surface area contributed by atoms with Crippen LogP contribution in [-0.4, -0.2) is 42.2 Å². The van der Waals surface area contributed by atoms with Crippen LogP contribution in [0.25, 0.3) is 0 Å². The number of carbonyl (C=O) groups excluding carboxylic acids is 1. The van der Waals surface area contributed by atoms with Gasteiger partial charge in [-0.2, -0.15) is 18.2 Å². The van der Waals surface area contributed by atoms with Crippen molar-refractivity contribution in [2.45, 2.75) is 24.9 Å². The topological polar surface area (TPSA) is 62.7 Å². The second-order valence-corrected chi connectivity index (χ2v) is 6.43. The van der Waals surface area contributed by atoms with Gasteiger partial charge in [-0.3, -0.25) is 4.79 Å². The fourth-order valence-electron chi connectivity index (χ4n) is 3.28. The summed E-state index contributed by atoms with van der Waals surface area (Å²) in [7, 11) is 0. The van der Waals surface area contributed by atoms with E-state index in [1.165, 1.54) is 12.1 Å². The number of para-hydroxylation sites is 1. The zero-order valence-corrected chi connectivity index (χ0v) is 14.4. The Labute approximate surface area is 154 Å². The average Bonchev–Trinajstić information content (AvgIpc) is 2.66. The van der Waals surface area contributed by atoms with Crippen LogP contribution >= 0.6 is 0 Å². The Morgan fingerprint density at radius 3 is 2.74 bits per heavy atom. The van der Waals surface area contributed by atoms with Gasteiger partial charge in [-0.05, 0) is 30.5 Å². The molecule has 1 aromatic heterocycles. The number of pyridine rings is 1. The Morgan fingerprint density at radius 1 is 1.26 bits per heavy atom. The van der Waals surface area contributed by atoms with Gasteiger partial charge in [0.15, 0.2) is 12.9 Å². The SMILES string of the molecule is O=Cc1ccc(OCC(F)(F)F)nc1N1CCCC(c2ccccc2O)C1. The van der Waals surface area contributed by atoms with Crippen LogP contribution < -0.4 is 9.64 Å². The molecule has 1 aliphatic heterocycles. The minimum atomic E-state index is -4.47. The molecule has 27 heavy (non-hydrogen) atoms. The molecule has 144 valence electrons. The van der Waals surface area contributed by atoms with Crippen LogP contribution in [0, 0.1) is 0 Å². The van der Waals surface area contributed by atoms with Crippen LogP contribution in [0.5, 0.6) is 11.6 Å². The summed E-state index contributed by atoms with van der Waals surface area (Å²) in [5.74, 6) is 0.346. The van der Waals surface area contributed by atoms with E-state index in [9.17, 15) is 23.1 Å². The average molecular weight is 380 g/mol. The fraction of sp³-hybridized carbons (Fsp3) is 0.368. The van der Waals surface area contributed by atoms with E-state index >= 15 is 0 Å². The third kappa shape index (κ3) is 4.69. The first-order valence-electron chi connectivity index (χ1n) is 8.56. The van der Waals surface area contributed by atoms with Crippen molar-refractivity contribution in [3.05, 3.63) is 47.5 Å². The highest BCUT2D eigenvalue weighted by Gasteiger charge is 2.29. The molecule has 2 heterocycles. The lowest BCUT2D eigenvalue weighted by atomic mass is 9.90. The predicted molar refractivity (Wildman–Crippen MR) is 93.5 cm³/mol. The predicted octanol–water partition coefficient (Wildman–Crippen LogP) is 3.92. The van der Waals surface area contributed by atoms with E-state index in [0.29, 0.717) is 25.2 Å². The van der Waals surface area contributed by atoms with E-state index in [2.05, 4.69) is 4.98 Å². The molecule has 1 fully saturated rings. The zero-order chi connectivity index (χ0) is 19.4. The summed E-state index contributed by atoms with van der Waals surface area (Å²) in [6, 6.07) is 9.71. The number of alkyl halides is 3. The molecular formula is C19H19F3N2O3. The monoisotopic (exact) mass is 380 g/mol. The summed E-state index contributed by atoms with van der Waals surface area (Å²) in [6.07, 6.45) is -2.19. The lowest BCUT2D eigenvalue weighted by Gasteiger charge is -2.34. The minimum Gasteiger partial charge on any atom is -0.508 e. The maximum Gasteiger partial charge on any atom is 0.422 e. The van der Waals surface area contributed by atoms with Crippen LogP contribution in [0.2, 0.25) is 0 Å². The van der Waals surface area contributed by atoms with Crippen molar-refractivity contribution in [3.8, 4) is 11.6 Å². The number of aromatic hydroxyl groups is 1. The summed E-state index contributed by atoms with van der Waals surface area (Å²) in [6.45, 7) is -0.338. The van der Waals surface area contributed by atoms with Crippen molar-refractivity contribution >= 4 is 12.1 Å². The third-order valence-corrected chi connectivity index (χ3v) is 4.49. The van der Waals surface area contributed by atoms with E-state index in [-0.39, 0.29) is 23.1 Å². The van der Waals surface area contributed by atoms with E-state index in [1.54, 1.807) is 12.1 Å². The summed E-state index contributed by atoms with van der Waals surface area (Å²) in [4.78, 5) is 17.4. The van der Waals surface area contributed by atoms with Crippen LogP contribution in [0.3, 0.4) is 0 Å². The molecular weight excluding hydrogens is 361 g/mol. The Balaban J connectivity index is 1.83. The molecule has 0 spiro atoms. The van der Waals surface area contributed by atoms with Crippen molar-refractivity contribution in [1.29, 1.82) is 0 Å². The van der Waals surface area contributed by atoms with Crippen molar-refractivity contribution in [2.24, 2.45) is 0 Å². The zero-order valence-electron chi connectivity index (χ0n) is 14.4. The smallest absolute Gasteiger partial charge is 0.422 e. The Hall–Kier alpha value is -2.77. The first kappa shape index (κ1) is 19.0. The van der Waals surface area contributed by atoms with E-state index in [4.69, 9.17) is 4.74 Å². The van der Waals surface area contributed by atoms with E-state index in [0.717, 1.165) is 18.4 Å². The third-order valence-electron chi connectivity index (χ3n) is 4.49. The number of phenolic OH excluding ortho intramolecular Hbond substituents is 1. The fourth-order valence-corrected chi connectivity index (χ4v) is 3.28. The Morgan fingerprint density at radius 2 is 2.04 bits per heavy atom. The number of benzene rings is 1. The summed E-state index contributed by atoms with van der Waals surface area (Å²) >= 11 is 0. The maximum atomic E-state index is 12.4. The number of aldehydes is 1. The van der Waals surface area contributed by atoms with Crippen LogP contribution in [0.15, 0.2) is 36.4 Å². The molecule has 0 radical (unpaired) electrons. The number of nitrogens with zero attached hydrogens (tertiary/aromatic N) is 2. The largest absolute Gasteiger partial charge is 0.508 e. The van der Waals surface area contributed by atoms with Crippen LogP contribution in [0.1, 0.15) is 34.7 Å². The number of anilines is 1. The number of piperidine rings is 1. The first-order chi connectivity index (χ1) is 12.9. The molecule has 5 nitrogen and oxygen atoms in total. The molecule has 1 aromatic carbocycles. The highest BCUT2D eigenvalue weighted by molar-refractivity contribution is 5.83. The molecule has 1 N–H and O–H groups in total. The van der Waals surface area contributed by atoms with Gasteiger partial charge in [0.05, 0.1) is 5.56 Å². The van der Waals surface area contributed by atoms with Gasteiger partial charge >= 0.3 is 6.18 Å². The summed E-state index contributed by atoms with van der Waals surface area (Å²) < 4.78 is 41.8. The lowest BCUT2D eigenvalue weighted by molar-refractivity contribution is -0.154. The number of hydrogen-bond donors (Lipinski definition) is 1. The highest BCUT2D eigenvalue weighted by Crippen LogP contribution is 2.35. The van der Waals surface area contributed by atoms with Gasteiger partial charge in [-0.25, -0.2) is 0 Å². The van der Waals surface area contributed by atoms with Gasteiger partial charge in [0.2, 0.25) is 5.88 Å². The maximum absolute atomic E-state index is 12.4. The van der Waals surface area contributed by atoms with Crippen molar-refractivity contribution in [2.75, 3.05) is 24.6 Å². The molecule has 1 unspecified atom stereocenters. The summed E-state index contributed by atoms with van der Waals surface area (Å²) in [5.41, 5.74) is 1.09. The summed E-state index contributed by atoms with van der Waals surface area (Å²) in [5, 5.41) is 10.1. The molecule has 8 heteroatoms. The number of rotatable bonds is 5. The Kier molecular flexibility index (Phi) is 5.53. The minimum absolute atomic E-state index is 0.0287. The number of phenols is 1. The molecule has 0 saturated carbocycles. The second kappa shape index (κ2) is 7.85.